The number of ether oxygens (including phenoxy) is 1. The highest BCUT2D eigenvalue weighted by Gasteiger charge is 2.08. The van der Waals surface area contributed by atoms with Crippen molar-refractivity contribution < 1.29 is 4.74 Å². The van der Waals surface area contributed by atoms with E-state index in [1.807, 2.05) is 35.7 Å². The van der Waals surface area contributed by atoms with Crippen LogP contribution >= 0.6 is 11.3 Å². The minimum Gasteiger partial charge on any atom is -0.495 e. The first-order valence-corrected chi connectivity index (χ1v) is 7.49. The summed E-state index contributed by atoms with van der Waals surface area (Å²) in [5, 5.41) is 11.6. The van der Waals surface area contributed by atoms with E-state index >= 15 is 0 Å². The van der Waals surface area contributed by atoms with Gasteiger partial charge in [-0.1, -0.05) is 24.3 Å². The molecule has 0 aliphatic carbocycles. The second-order valence-corrected chi connectivity index (χ2v) is 5.57. The van der Waals surface area contributed by atoms with Crippen molar-refractivity contribution in [2.75, 3.05) is 12.8 Å². The highest BCUT2D eigenvalue weighted by atomic mass is 32.1. The lowest BCUT2D eigenvalue weighted by molar-refractivity contribution is 0.413. The molecule has 0 bridgehead atoms. The van der Waals surface area contributed by atoms with Crippen molar-refractivity contribution in [1.82, 2.24) is 4.98 Å². The van der Waals surface area contributed by atoms with Crippen molar-refractivity contribution in [2.45, 2.75) is 0 Å². The molecule has 2 N–H and O–H groups in total. The largest absolute Gasteiger partial charge is 0.495 e. The zero-order chi connectivity index (χ0) is 15.5. The molecule has 3 aromatic rings. The molecule has 22 heavy (non-hydrogen) atoms. The average molecular weight is 307 g/mol. The van der Waals surface area contributed by atoms with E-state index < -0.39 is 0 Å². The lowest BCUT2D eigenvalue weighted by Gasteiger charge is -2.08. The normalized spacial score (nSPS) is 10.2. The number of anilines is 1. The number of nitriles is 1. The number of benzene rings is 2. The molecule has 0 radical (unpaired) electrons. The van der Waals surface area contributed by atoms with Gasteiger partial charge in [-0.05, 0) is 29.3 Å². The molecule has 0 aliphatic rings. The fourth-order valence-electron chi connectivity index (χ4n) is 2.24. The van der Waals surface area contributed by atoms with Gasteiger partial charge in [0.05, 0.1) is 18.4 Å². The van der Waals surface area contributed by atoms with Crippen molar-refractivity contribution in [1.29, 1.82) is 5.26 Å². The van der Waals surface area contributed by atoms with Crippen molar-refractivity contribution in [3.8, 4) is 34.2 Å². The summed E-state index contributed by atoms with van der Waals surface area (Å²) in [6.07, 6.45) is 0. The van der Waals surface area contributed by atoms with Crippen molar-refractivity contribution in [2.24, 2.45) is 0 Å². The highest BCUT2D eigenvalue weighted by Crippen LogP contribution is 2.30. The van der Waals surface area contributed by atoms with Crippen molar-refractivity contribution >= 4 is 16.5 Å². The summed E-state index contributed by atoms with van der Waals surface area (Å²) in [6, 6.07) is 15.7. The van der Waals surface area contributed by atoms with Gasteiger partial charge in [0.2, 0.25) is 0 Å². The van der Waals surface area contributed by atoms with Gasteiger partial charge in [-0.2, -0.15) is 5.26 Å². The van der Waals surface area contributed by atoms with Crippen LogP contribution in [0.3, 0.4) is 0 Å². The van der Waals surface area contributed by atoms with E-state index in [9.17, 15) is 0 Å². The van der Waals surface area contributed by atoms with Gasteiger partial charge < -0.3 is 10.5 Å². The number of nitrogens with zero attached hydrogens (tertiary/aromatic N) is 2. The van der Waals surface area contributed by atoms with Gasteiger partial charge in [-0.15, -0.1) is 11.3 Å². The molecular formula is C17H13N3OS. The molecule has 0 spiro atoms. The summed E-state index contributed by atoms with van der Waals surface area (Å²) in [5.41, 5.74) is 10.1. The second-order valence-electron chi connectivity index (χ2n) is 4.68. The lowest BCUT2D eigenvalue weighted by atomic mass is 10.0. The Morgan fingerprint density at radius 1 is 1.14 bits per heavy atom. The van der Waals surface area contributed by atoms with Crippen LogP contribution < -0.4 is 10.5 Å². The first kappa shape index (κ1) is 14.1. The van der Waals surface area contributed by atoms with Crippen LogP contribution in [0.1, 0.15) is 5.56 Å². The number of thiazole rings is 1. The van der Waals surface area contributed by atoms with E-state index in [0.29, 0.717) is 16.4 Å². The molecule has 0 aliphatic heterocycles. The fraction of sp³-hybridized carbons (Fsp3) is 0.0588. The van der Waals surface area contributed by atoms with E-state index in [4.69, 9.17) is 15.7 Å². The number of nitrogen functional groups attached to an aromatic ring is 1. The van der Waals surface area contributed by atoms with Crippen LogP contribution in [0.5, 0.6) is 5.75 Å². The Morgan fingerprint density at radius 2 is 1.91 bits per heavy atom. The van der Waals surface area contributed by atoms with Gasteiger partial charge in [-0.25, -0.2) is 4.98 Å². The average Bonchev–Trinajstić information content (AvgIpc) is 3.01. The standard InChI is InChI=1S/C17H13N3OS/c1-21-16-8-12(5-6-14(16)9-18)11-3-2-4-13(7-11)15-10-22-17(19)20-15/h2-8,10H,1H3,(H2,19,20). The van der Waals surface area contributed by atoms with Crippen molar-refractivity contribution in [3.05, 3.63) is 53.4 Å². The van der Waals surface area contributed by atoms with Crippen LogP contribution in [0, 0.1) is 11.3 Å². The van der Waals surface area contributed by atoms with E-state index in [1.165, 1.54) is 11.3 Å². The molecule has 5 heteroatoms. The summed E-state index contributed by atoms with van der Waals surface area (Å²) in [5.74, 6) is 0.573. The Labute approximate surface area is 132 Å². The second kappa shape index (κ2) is 5.88. The first-order chi connectivity index (χ1) is 10.7. The minimum absolute atomic E-state index is 0.523. The minimum atomic E-state index is 0.523. The van der Waals surface area contributed by atoms with Crippen LogP contribution in [0.25, 0.3) is 22.4 Å². The summed E-state index contributed by atoms with van der Waals surface area (Å²) in [7, 11) is 1.56. The van der Waals surface area contributed by atoms with E-state index in [1.54, 1.807) is 13.2 Å². The molecule has 0 saturated heterocycles. The van der Waals surface area contributed by atoms with E-state index in [-0.39, 0.29) is 0 Å². The monoisotopic (exact) mass is 307 g/mol. The SMILES string of the molecule is COc1cc(-c2cccc(-c3csc(N)n3)c2)ccc1C#N. The van der Waals surface area contributed by atoms with Gasteiger partial charge in [0.1, 0.15) is 11.8 Å². The van der Waals surface area contributed by atoms with Gasteiger partial charge in [0.15, 0.2) is 5.13 Å². The van der Waals surface area contributed by atoms with Crippen LogP contribution in [0.2, 0.25) is 0 Å². The third-order valence-corrected chi connectivity index (χ3v) is 4.01. The molecule has 3 rings (SSSR count). The molecule has 108 valence electrons. The van der Waals surface area contributed by atoms with Crippen LogP contribution in [0.15, 0.2) is 47.8 Å². The smallest absolute Gasteiger partial charge is 0.180 e. The number of hydrogen-bond donors (Lipinski definition) is 1. The summed E-state index contributed by atoms with van der Waals surface area (Å²) >= 11 is 1.42. The third-order valence-electron chi connectivity index (χ3n) is 3.34. The Kier molecular flexibility index (Phi) is 3.77. The summed E-state index contributed by atoms with van der Waals surface area (Å²) in [6.45, 7) is 0. The van der Waals surface area contributed by atoms with Crippen molar-refractivity contribution in [3.63, 3.8) is 0 Å². The lowest BCUT2D eigenvalue weighted by Crippen LogP contribution is -1.89. The number of nitrogens with two attached hydrogens (primary N) is 1. The molecule has 4 nitrogen and oxygen atoms in total. The molecule has 0 atom stereocenters. The quantitative estimate of drug-likeness (QED) is 0.795. The highest BCUT2D eigenvalue weighted by molar-refractivity contribution is 7.13. The molecule has 1 aromatic heterocycles. The molecule has 1 heterocycles. The summed E-state index contributed by atoms with van der Waals surface area (Å²) < 4.78 is 5.27. The molecule has 0 unspecified atom stereocenters. The van der Waals surface area contributed by atoms with E-state index in [0.717, 1.165) is 22.4 Å². The Balaban J connectivity index is 2.04. The topological polar surface area (TPSA) is 71.9 Å². The maximum absolute atomic E-state index is 9.06. The fourth-order valence-corrected chi connectivity index (χ4v) is 2.81. The Morgan fingerprint density at radius 3 is 2.59 bits per heavy atom. The predicted octanol–water partition coefficient (Wildman–Crippen LogP) is 3.94. The Bertz CT molecular complexity index is 864. The van der Waals surface area contributed by atoms with Gasteiger partial charge >= 0.3 is 0 Å². The molecular weight excluding hydrogens is 294 g/mol. The third kappa shape index (κ3) is 2.65. The van der Waals surface area contributed by atoms with Gasteiger partial charge in [0.25, 0.3) is 0 Å². The van der Waals surface area contributed by atoms with Crippen LogP contribution in [0.4, 0.5) is 5.13 Å². The summed E-state index contributed by atoms with van der Waals surface area (Å²) in [4.78, 5) is 4.31. The molecule has 0 fully saturated rings. The molecule has 0 saturated carbocycles. The Hall–Kier alpha value is -2.84. The molecule has 0 amide bonds. The number of methoxy groups -OCH3 is 1. The molecule has 2 aromatic carbocycles. The first-order valence-electron chi connectivity index (χ1n) is 6.61. The maximum atomic E-state index is 9.06. The van der Waals surface area contributed by atoms with E-state index in [2.05, 4.69) is 17.1 Å². The number of hydrogen-bond acceptors (Lipinski definition) is 5. The van der Waals surface area contributed by atoms with Crippen LogP contribution in [-0.4, -0.2) is 12.1 Å². The van der Waals surface area contributed by atoms with Gasteiger partial charge in [0, 0.05) is 10.9 Å². The van der Waals surface area contributed by atoms with Crippen LogP contribution in [-0.2, 0) is 0 Å². The number of aromatic nitrogens is 1. The zero-order valence-electron chi connectivity index (χ0n) is 11.9. The zero-order valence-corrected chi connectivity index (χ0v) is 12.7. The van der Waals surface area contributed by atoms with Gasteiger partial charge in [-0.3, -0.25) is 0 Å². The number of rotatable bonds is 3. The maximum Gasteiger partial charge on any atom is 0.180 e. The predicted molar refractivity (Wildman–Crippen MR) is 88.7 cm³/mol.